The lowest BCUT2D eigenvalue weighted by atomic mass is 9.96. The Morgan fingerprint density at radius 3 is 2.81 bits per heavy atom. The van der Waals surface area contributed by atoms with Crippen molar-refractivity contribution in [1.29, 1.82) is 0 Å². The Morgan fingerprint density at radius 1 is 1.14 bits per heavy atom. The molecule has 1 aliphatic rings. The van der Waals surface area contributed by atoms with Gasteiger partial charge in [0.25, 0.3) is 0 Å². The molecule has 1 atom stereocenters. The molecule has 1 unspecified atom stereocenters. The van der Waals surface area contributed by atoms with Gasteiger partial charge in [-0.1, -0.05) is 37.3 Å². The number of hydrogen-bond acceptors (Lipinski definition) is 2. The Bertz CT molecular complexity index is 626. The Balaban J connectivity index is 1.84. The summed E-state index contributed by atoms with van der Waals surface area (Å²) < 4.78 is 18.8. The van der Waals surface area contributed by atoms with Crippen molar-refractivity contribution >= 4 is 0 Å². The third-order valence-electron chi connectivity index (χ3n) is 3.93. The second kappa shape index (κ2) is 6.37. The minimum Gasteiger partial charge on any atom is -0.372 e. The molecule has 3 rings (SSSR count). The van der Waals surface area contributed by atoms with Gasteiger partial charge in [-0.2, -0.15) is 0 Å². The van der Waals surface area contributed by atoms with E-state index in [-0.39, 0.29) is 11.9 Å². The van der Waals surface area contributed by atoms with E-state index in [4.69, 9.17) is 4.74 Å². The van der Waals surface area contributed by atoms with Crippen molar-refractivity contribution in [2.24, 2.45) is 0 Å². The van der Waals surface area contributed by atoms with Crippen molar-refractivity contribution < 1.29 is 9.13 Å². The summed E-state index contributed by atoms with van der Waals surface area (Å²) in [6.45, 7) is 4.38. The minimum absolute atomic E-state index is 0.176. The molecular formula is C18H20FNO. The van der Waals surface area contributed by atoms with Crippen LogP contribution in [0.25, 0.3) is 0 Å². The third kappa shape index (κ3) is 3.31. The molecule has 21 heavy (non-hydrogen) atoms. The van der Waals surface area contributed by atoms with E-state index in [9.17, 15) is 4.39 Å². The van der Waals surface area contributed by atoms with Crippen molar-refractivity contribution in [2.75, 3.05) is 6.54 Å². The van der Waals surface area contributed by atoms with Crippen LogP contribution in [-0.2, 0) is 24.4 Å². The lowest BCUT2D eigenvalue weighted by Gasteiger charge is -2.19. The molecule has 0 spiro atoms. The van der Waals surface area contributed by atoms with Crippen LogP contribution in [0.5, 0.6) is 0 Å². The molecule has 2 aromatic carbocycles. The highest BCUT2D eigenvalue weighted by molar-refractivity contribution is 5.35. The van der Waals surface area contributed by atoms with Crippen LogP contribution in [0.4, 0.5) is 4.39 Å². The maximum atomic E-state index is 13.3. The molecule has 0 radical (unpaired) electrons. The van der Waals surface area contributed by atoms with Gasteiger partial charge in [0, 0.05) is 6.04 Å². The zero-order valence-corrected chi connectivity index (χ0v) is 12.2. The van der Waals surface area contributed by atoms with Crippen molar-refractivity contribution in [1.82, 2.24) is 5.32 Å². The number of ether oxygens (including phenoxy) is 1. The molecule has 2 nitrogen and oxygen atoms in total. The molecule has 3 heteroatoms. The Kier molecular flexibility index (Phi) is 4.32. The summed E-state index contributed by atoms with van der Waals surface area (Å²) in [6, 6.07) is 13.6. The summed E-state index contributed by atoms with van der Waals surface area (Å²) in [6.07, 6.45) is 0.783. The second-order valence-corrected chi connectivity index (χ2v) is 5.47. The molecule has 0 saturated carbocycles. The number of benzene rings is 2. The average molecular weight is 285 g/mol. The van der Waals surface area contributed by atoms with Gasteiger partial charge in [-0.3, -0.25) is 0 Å². The highest BCUT2D eigenvalue weighted by Gasteiger charge is 2.16. The Morgan fingerprint density at radius 2 is 2.00 bits per heavy atom. The Labute approximate surface area is 125 Å². The van der Waals surface area contributed by atoms with Crippen LogP contribution in [0, 0.1) is 5.82 Å². The number of likely N-dealkylation sites (N-methyl/N-ethyl adjacent to an activating group) is 1. The maximum Gasteiger partial charge on any atom is 0.123 e. The van der Waals surface area contributed by atoms with Gasteiger partial charge in [0.05, 0.1) is 13.2 Å². The number of rotatable bonds is 5. The molecule has 0 aliphatic carbocycles. The zero-order valence-electron chi connectivity index (χ0n) is 12.2. The van der Waals surface area contributed by atoms with Crippen LogP contribution in [0.2, 0.25) is 0 Å². The normalized spacial score (nSPS) is 15.0. The molecule has 0 bridgehead atoms. The fraction of sp³-hybridized carbons (Fsp3) is 0.333. The average Bonchev–Trinajstić information content (AvgIpc) is 2.94. The quantitative estimate of drug-likeness (QED) is 0.903. The van der Waals surface area contributed by atoms with Crippen LogP contribution >= 0.6 is 0 Å². The molecule has 1 heterocycles. The monoisotopic (exact) mass is 285 g/mol. The number of halogens is 1. The standard InChI is InChI=1S/C18H20FNO/c1-2-20-18(9-13-4-3-5-17(19)8-13)14-6-7-15-11-21-12-16(15)10-14/h3-8,10,18,20H,2,9,11-12H2,1H3. The zero-order chi connectivity index (χ0) is 14.7. The van der Waals surface area contributed by atoms with Crippen molar-refractivity contribution in [3.8, 4) is 0 Å². The first-order valence-corrected chi connectivity index (χ1v) is 7.43. The summed E-state index contributed by atoms with van der Waals surface area (Å²) in [7, 11) is 0. The number of fused-ring (bicyclic) bond motifs is 1. The fourth-order valence-electron chi connectivity index (χ4n) is 2.86. The molecule has 1 N–H and O–H groups in total. The number of hydrogen-bond donors (Lipinski definition) is 1. The number of nitrogens with one attached hydrogen (secondary N) is 1. The topological polar surface area (TPSA) is 21.3 Å². The fourth-order valence-corrected chi connectivity index (χ4v) is 2.86. The van der Waals surface area contributed by atoms with Gasteiger partial charge in [0.1, 0.15) is 5.82 Å². The van der Waals surface area contributed by atoms with Crippen molar-refractivity contribution in [2.45, 2.75) is 32.6 Å². The van der Waals surface area contributed by atoms with Gasteiger partial charge in [-0.05, 0) is 47.4 Å². The molecule has 0 saturated heterocycles. The SMILES string of the molecule is CCNC(Cc1cccc(F)c1)c1ccc2c(c1)COC2. The van der Waals surface area contributed by atoms with Crippen molar-refractivity contribution in [3.05, 3.63) is 70.5 Å². The second-order valence-electron chi connectivity index (χ2n) is 5.47. The molecule has 0 fully saturated rings. The van der Waals surface area contributed by atoms with Gasteiger partial charge in [0.15, 0.2) is 0 Å². The van der Waals surface area contributed by atoms with Gasteiger partial charge in [-0.25, -0.2) is 4.39 Å². The summed E-state index contributed by atoms with van der Waals surface area (Å²) >= 11 is 0. The highest BCUT2D eigenvalue weighted by Crippen LogP contribution is 2.26. The predicted octanol–water partition coefficient (Wildman–Crippen LogP) is 3.75. The smallest absolute Gasteiger partial charge is 0.123 e. The first kappa shape index (κ1) is 14.2. The Hall–Kier alpha value is -1.71. The van der Waals surface area contributed by atoms with Crippen LogP contribution in [0.3, 0.4) is 0 Å². The largest absolute Gasteiger partial charge is 0.372 e. The molecule has 110 valence electrons. The van der Waals surface area contributed by atoms with Crippen molar-refractivity contribution in [3.63, 3.8) is 0 Å². The van der Waals surface area contributed by atoms with E-state index in [1.165, 1.54) is 22.8 Å². The van der Waals surface area contributed by atoms with E-state index in [0.29, 0.717) is 13.2 Å². The summed E-state index contributed by atoms with van der Waals surface area (Å²) in [5, 5.41) is 3.49. The predicted molar refractivity (Wildman–Crippen MR) is 81.5 cm³/mol. The molecule has 0 amide bonds. The molecule has 2 aromatic rings. The van der Waals surface area contributed by atoms with E-state index in [2.05, 4.69) is 30.4 Å². The van der Waals surface area contributed by atoms with E-state index >= 15 is 0 Å². The van der Waals surface area contributed by atoms with Crippen LogP contribution in [0.15, 0.2) is 42.5 Å². The van der Waals surface area contributed by atoms with E-state index < -0.39 is 0 Å². The molecular weight excluding hydrogens is 265 g/mol. The third-order valence-corrected chi connectivity index (χ3v) is 3.93. The summed E-state index contributed by atoms with van der Waals surface area (Å²) in [4.78, 5) is 0. The van der Waals surface area contributed by atoms with Crippen LogP contribution in [-0.4, -0.2) is 6.54 Å². The first-order valence-electron chi connectivity index (χ1n) is 7.43. The van der Waals surface area contributed by atoms with E-state index in [1.807, 2.05) is 6.07 Å². The van der Waals surface area contributed by atoms with Gasteiger partial charge < -0.3 is 10.1 Å². The van der Waals surface area contributed by atoms with Crippen LogP contribution < -0.4 is 5.32 Å². The van der Waals surface area contributed by atoms with Gasteiger partial charge in [0.2, 0.25) is 0 Å². The lowest BCUT2D eigenvalue weighted by Crippen LogP contribution is -2.23. The van der Waals surface area contributed by atoms with E-state index in [0.717, 1.165) is 18.5 Å². The van der Waals surface area contributed by atoms with Crippen LogP contribution in [0.1, 0.15) is 35.2 Å². The van der Waals surface area contributed by atoms with Gasteiger partial charge in [-0.15, -0.1) is 0 Å². The highest BCUT2D eigenvalue weighted by atomic mass is 19.1. The summed E-state index contributed by atoms with van der Waals surface area (Å²) in [5.41, 5.74) is 4.80. The lowest BCUT2D eigenvalue weighted by molar-refractivity contribution is 0.134. The maximum absolute atomic E-state index is 13.3. The minimum atomic E-state index is -0.176. The molecule has 0 aromatic heterocycles. The first-order chi connectivity index (χ1) is 10.3. The van der Waals surface area contributed by atoms with Gasteiger partial charge >= 0.3 is 0 Å². The van der Waals surface area contributed by atoms with E-state index in [1.54, 1.807) is 12.1 Å². The summed E-state index contributed by atoms with van der Waals surface area (Å²) in [5.74, 6) is -0.176. The molecule has 1 aliphatic heterocycles.